The maximum absolute atomic E-state index is 10.2. The SMILES string of the molecule is O[C@H]1CCCCC1=C=C(c1ccccc1)c1ccccc1. The molecule has 1 atom stereocenters. The number of benzene rings is 2. The number of hydrogen-bond donors (Lipinski definition) is 1. The molecule has 21 heavy (non-hydrogen) atoms. The van der Waals surface area contributed by atoms with Gasteiger partial charge in [-0.05, 0) is 30.4 Å². The normalized spacial score (nSPS) is 18.1. The van der Waals surface area contributed by atoms with Gasteiger partial charge in [-0.3, -0.25) is 0 Å². The van der Waals surface area contributed by atoms with Crippen molar-refractivity contribution in [3.05, 3.63) is 83.1 Å². The molecule has 1 fully saturated rings. The molecule has 0 heterocycles. The Morgan fingerprint density at radius 1 is 0.857 bits per heavy atom. The highest BCUT2D eigenvalue weighted by Crippen LogP contribution is 2.27. The maximum atomic E-state index is 10.2. The van der Waals surface area contributed by atoms with E-state index in [9.17, 15) is 5.11 Å². The van der Waals surface area contributed by atoms with Crippen molar-refractivity contribution in [2.24, 2.45) is 0 Å². The molecule has 0 bridgehead atoms. The molecular weight excluding hydrogens is 256 g/mol. The highest BCUT2D eigenvalue weighted by Gasteiger charge is 2.16. The first-order valence-corrected chi connectivity index (χ1v) is 7.63. The fraction of sp³-hybridized carbons (Fsp3) is 0.250. The predicted molar refractivity (Wildman–Crippen MR) is 86.9 cm³/mol. The van der Waals surface area contributed by atoms with Crippen molar-refractivity contribution in [3.63, 3.8) is 0 Å². The van der Waals surface area contributed by atoms with Gasteiger partial charge in [-0.25, -0.2) is 0 Å². The van der Waals surface area contributed by atoms with Gasteiger partial charge < -0.3 is 5.11 Å². The van der Waals surface area contributed by atoms with Gasteiger partial charge in [0.2, 0.25) is 0 Å². The first kappa shape index (κ1) is 13.9. The van der Waals surface area contributed by atoms with Crippen molar-refractivity contribution in [2.75, 3.05) is 0 Å². The summed E-state index contributed by atoms with van der Waals surface area (Å²) in [5.74, 6) is 0. The van der Waals surface area contributed by atoms with E-state index < -0.39 is 0 Å². The van der Waals surface area contributed by atoms with E-state index in [2.05, 4.69) is 30.0 Å². The van der Waals surface area contributed by atoms with E-state index in [1.54, 1.807) is 0 Å². The Labute approximate surface area is 126 Å². The van der Waals surface area contributed by atoms with Crippen LogP contribution in [0.2, 0.25) is 0 Å². The number of aliphatic hydroxyl groups is 1. The minimum atomic E-state index is -0.332. The Bertz CT molecular complexity index is 607. The second-order valence-electron chi connectivity index (χ2n) is 5.52. The van der Waals surface area contributed by atoms with Gasteiger partial charge in [0.1, 0.15) is 0 Å². The second-order valence-corrected chi connectivity index (χ2v) is 5.52. The van der Waals surface area contributed by atoms with Crippen molar-refractivity contribution < 1.29 is 5.11 Å². The lowest BCUT2D eigenvalue weighted by molar-refractivity contribution is 0.179. The second kappa shape index (κ2) is 6.58. The Morgan fingerprint density at radius 3 is 1.95 bits per heavy atom. The standard InChI is InChI=1S/C20H20O/c21-20-14-8-7-13-18(20)15-19(16-9-3-1-4-10-16)17-11-5-2-6-12-17/h1-6,9-12,20-21H,7-8,13-14H2/t20-/m0/s1. The summed E-state index contributed by atoms with van der Waals surface area (Å²) in [6.45, 7) is 0. The van der Waals surface area contributed by atoms with Crippen molar-refractivity contribution in [1.29, 1.82) is 0 Å². The van der Waals surface area contributed by atoms with Crippen molar-refractivity contribution in [3.8, 4) is 0 Å². The summed E-state index contributed by atoms with van der Waals surface area (Å²) in [6.07, 6.45) is 3.74. The maximum Gasteiger partial charge on any atom is 0.0824 e. The molecule has 0 spiro atoms. The lowest BCUT2D eigenvalue weighted by Gasteiger charge is -2.19. The van der Waals surface area contributed by atoms with Gasteiger partial charge in [0.15, 0.2) is 0 Å². The molecule has 106 valence electrons. The number of hydrogen-bond acceptors (Lipinski definition) is 1. The van der Waals surface area contributed by atoms with Crippen molar-refractivity contribution >= 4 is 5.57 Å². The Balaban J connectivity index is 2.15. The molecule has 0 saturated heterocycles. The summed E-state index contributed by atoms with van der Waals surface area (Å²) >= 11 is 0. The molecule has 1 aliphatic rings. The third-order valence-corrected chi connectivity index (χ3v) is 3.99. The first-order valence-electron chi connectivity index (χ1n) is 7.63. The minimum absolute atomic E-state index is 0.332. The van der Waals surface area contributed by atoms with Crippen molar-refractivity contribution in [1.82, 2.24) is 0 Å². The lowest BCUT2D eigenvalue weighted by atomic mass is 9.90. The smallest absolute Gasteiger partial charge is 0.0824 e. The van der Waals surface area contributed by atoms with Crippen LogP contribution < -0.4 is 0 Å². The zero-order chi connectivity index (χ0) is 14.5. The summed E-state index contributed by atoms with van der Waals surface area (Å²) < 4.78 is 0. The minimum Gasteiger partial charge on any atom is -0.388 e. The monoisotopic (exact) mass is 276 g/mol. The topological polar surface area (TPSA) is 20.2 Å². The highest BCUT2D eigenvalue weighted by molar-refractivity contribution is 5.79. The van der Waals surface area contributed by atoms with Gasteiger partial charge in [-0.2, -0.15) is 0 Å². The lowest BCUT2D eigenvalue weighted by Crippen LogP contribution is -2.14. The average molecular weight is 276 g/mol. The quantitative estimate of drug-likeness (QED) is 0.796. The molecule has 1 saturated carbocycles. The molecule has 1 heteroatoms. The van der Waals surface area contributed by atoms with Gasteiger partial charge in [0, 0.05) is 11.1 Å². The molecule has 0 radical (unpaired) electrons. The summed E-state index contributed by atoms with van der Waals surface area (Å²) in [5.41, 5.74) is 7.94. The van der Waals surface area contributed by atoms with Crippen LogP contribution >= 0.6 is 0 Å². The fourth-order valence-electron chi connectivity index (χ4n) is 2.82. The molecule has 2 aromatic carbocycles. The molecule has 2 aromatic rings. The Morgan fingerprint density at radius 2 is 1.43 bits per heavy atom. The van der Waals surface area contributed by atoms with Crippen LogP contribution in [0.25, 0.3) is 5.57 Å². The Hall–Kier alpha value is -2.08. The largest absolute Gasteiger partial charge is 0.388 e. The summed E-state index contributed by atoms with van der Waals surface area (Å²) in [7, 11) is 0. The van der Waals surface area contributed by atoms with Crippen LogP contribution in [-0.2, 0) is 0 Å². The molecule has 3 rings (SSSR count). The molecule has 0 aliphatic heterocycles. The predicted octanol–water partition coefficient (Wildman–Crippen LogP) is 4.58. The van der Waals surface area contributed by atoms with Gasteiger partial charge in [-0.15, -0.1) is 5.73 Å². The first-order chi connectivity index (χ1) is 10.3. The van der Waals surface area contributed by atoms with Crippen LogP contribution in [0.3, 0.4) is 0 Å². The van der Waals surface area contributed by atoms with E-state index in [0.29, 0.717) is 0 Å². The summed E-state index contributed by atoms with van der Waals surface area (Å²) in [5, 5.41) is 10.2. The highest BCUT2D eigenvalue weighted by atomic mass is 16.3. The average Bonchev–Trinajstić information content (AvgIpc) is 2.56. The number of aliphatic hydroxyl groups excluding tert-OH is 1. The zero-order valence-electron chi connectivity index (χ0n) is 12.1. The third-order valence-electron chi connectivity index (χ3n) is 3.99. The molecule has 1 nitrogen and oxygen atoms in total. The van der Waals surface area contributed by atoms with Crippen LogP contribution in [0.1, 0.15) is 36.8 Å². The fourth-order valence-corrected chi connectivity index (χ4v) is 2.82. The Kier molecular flexibility index (Phi) is 4.35. The van der Waals surface area contributed by atoms with Gasteiger partial charge in [-0.1, -0.05) is 67.1 Å². The van der Waals surface area contributed by atoms with Crippen LogP contribution in [0.15, 0.2) is 72.0 Å². The van der Waals surface area contributed by atoms with Crippen LogP contribution in [0.5, 0.6) is 0 Å². The van der Waals surface area contributed by atoms with Gasteiger partial charge in [0.05, 0.1) is 6.10 Å². The van der Waals surface area contributed by atoms with E-state index in [1.807, 2.05) is 36.4 Å². The number of rotatable bonds is 2. The third kappa shape index (κ3) is 3.33. The van der Waals surface area contributed by atoms with Crippen molar-refractivity contribution in [2.45, 2.75) is 31.8 Å². The van der Waals surface area contributed by atoms with E-state index in [0.717, 1.165) is 48.0 Å². The van der Waals surface area contributed by atoms with Gasteiger partial charge >= 0.3 is 0 Å². The molecule has 0 amide bonds. The van der Waals surface area contributed by atoms with Crippen LogP contribution in [0.4, 0.5) is 0 Å². The summed E-state index contributed by atoms with van der Waals surface area (Å²) in [6, 6.07) is 20.6. The molecule has 0 aromatic heterocycles. The zero-order valence-corrected chi connectivity index (χ0v) is 12.1. The summed E-state index contributed by atoms with van der Waals surface area (Å²) in [4.78, 5) is 0. The van der Waals surface area contributed by atoms with E-state index in [1.165, 1.54) is 0 Å². The molecule has 0 unspecified atom stereocenters. The molecule has 1 N–H and O–H groups in total. The van der Waals surface area contributed by atoms with Gasteiger partial charge in [0.25, 0.3) is 0 Å². The van der Waals surface area contributed by atoms with E-state index in [4.69, 9.17) is 0 Å². The van der Waals surface area contributed by atoms with Crippen LogP contribution in [0, 0.1) is 0 Å². The molecular formula is C20H20O. The van der Waals surface area contributed by atoms with E-state index in [-0.39, 0.29) is 6.10 Å². The molecule has 1 aliphatic carbocycles. The van der Waals surface area contributed by atoms with E-state index >= 15 is 0 Å². The van der Waals surface area contributed by atoms with Crippen LogP contribution in [-0.4, -0.2) is 11.2 Å².